The predicted molar refractivity (Wildman–Crippen MR) is 79.5 cm³/mol. The van der Waals surface area contributed by atoms with Crippen LogP contribution >= 0.6 is 0 Å². The van der Waals surface area contributed by atoms with E-state index >= 15 is 0 Å². The number of aliphatic hydroxyl groups is 1. The van der Waals surface area contributed by atoms with E-state index in [-0.39, 0.29) is 0 Å². The van der Waals surface area contributed by atoms with Crippen LogP contribution in [-0.2, 0) is 4.74 Å². The van der Waals surface area contributed by atoms with E-state index in [1.54, 1.807) is 7.11 Å². The summed E-state index contributed by atoms with van der Waals surface area (Å²) < 4.78 is 10.7. The molecule has 0 spiro atoms. The van der Waals surface area contributed by atoms with Gasteiger partial charge in [-0.3, -0.25) is 0 Å². The number of β-amino-alcohol motifs (C(OH)–C–C–N with tert-alkyl or cyclic N) is 1. The second-order valence-electron chi connectivity index (χ2n) is 4.97. The fourth-order valence-electron chi connectivity index (χ4n) is 2.35. The number of rotatable bonds is 7. The molecule has 1 unspecified atom stereocenters. The van der Waals surface area contributed by atoms with Gasteiger partial charge in [0, 0.05) is 33.3 Å². The molecule has 0 amide bonds. The Labute approximate surface area is 120 Å². The van der Waals surface area contributed by atoms with Gasteiger partial charge in [-0.25, -0.2) is 0 Å². The van der Waals surface area contributed by atoms with Crippen molar-refractivity contribution in [2.75, 3.05) is 51.4 Å². The first kappa shape index (κ1) is 15.1. The van der Waals surface area contributed by atoms with E-state index in [0.717, 1.165) is 37.6 Å². The number of hydrogen-bond donors (Lipinski definition) is 2. The van der Waals surface area contributed by atoms with Crippen molar-refractivity contribution in [3.05, 3.63) is 24.3 Å². The van der Waals surface area contributed by atoms with Gasteiger partial charge in [0.15, 0.2) is 0 Å². The van der Waals surface area contributed by atoms with Gasteiger partial charge in [-0.15, -0.1) is 0 Å². The Balaban J connectivity index is 1.88. The van der Waals surface area contributed by atoms with Crippen LogP contribution in [0.15, 0.2) is 24.3 Å². The molecule has 1 aromatic rings. The number of aliphatic hydroxyl groups excluding tert-OH is 1. The van der Waals surface area contributed by atoms with Crippen molar-refractivity contribution in [1.29, 1.82) is 0 Å². The third-order valence-electron chi connectivity index (χ3n) is 3.33. The molecular formula is C15H24N2O3. The molecule has 1 atom stereocenters. The molecule has 2 N–H and O–H groups in total. The molecule has 1 heterocycles. The Bertz CT molecular complexity index is 400. The van der Waals surface area contributed by atoms with Crippen molar-refractivity contribution in [1.82, 2.24) is 5.32 Å². The summed E-state index contributed by atoms with van der Waals surface area (Å²) in [6.45, 7) is 4.24. The maximum atomic E-state index is 10.1. The highest BCUT2D eigenvalue weighted by atomic mass is 16.5. The van der Waals surface area contributed by atoms with E-state index in [1.165, 1.54) is 0 Å². The zero-order chi connectivity index (χ0) is 14.2. The largest absolute Gasteiger partial charge is 0.491 e. The summed E-state index contributed by atoms with van der Waals surface area (Å²) in [7, 11) is 1.67. The van der Waals surface area contributed by atoms with Gasteiger partial charge in [-0.05, 0) is 18.6 Å². The van der Waals surface area contributed by atoms with Crippen LogP contribution in [0.3, 0.4) is 0 Å². The lowest BCUT2D eigenvalue weighted by atomic mass is 10.2. The summed E-state index contributed by atoms with van der Waals surface area (Å²) in [6, 6.07) is 8.01. The van der Waals surface area contributed by atoms with E-state index in [0.29, 0.717) is 19.7 Å². The number of benzene rings is 1. The minimum atomic E-state index is -0.405. The fraction of sp³-hybridized carbons (Fsp3) is 0.600. The second-order valence-corrected chi connectivity index (χ2v) is 4.97. The molecule has 0 aromatic heterocycles. The zero-order valence-electron chi connectivity index (χ0n) is 12.0. The fourth-order valence-corrected chi connectivity index (χ4v) is 2.35. The summed E-state index contributed by atoms with van der Waals surface area (Å²) in [4.78, 5) is 2.20. The van der Waals surface area contributed by atoms with Gasteiger partial charge in [0.2, 0.25) is 0 Å². The summed E-state index contributed by atoms with van der Waals surface area (Å²) in [5, 5.41) is 13.3. The Morgan fingerprint density at radius 1 is 1.45 bits per heavy atom. The van der Waals surface area contributed by atoms with Gasteiger partial charge in [0.05, 0.1) is 25.0 Å². The van der Waals surface area contributed by atoms with E-state index in [2.05, 4.69) is 10.2 Å². The van der Waals surface area contributed by atoms with Gasteiger partial charge in [0.1, 0.15) is 5.75 Å². The Morgan fingerprint density at radius 2 is 2.30 bits per heavy atom. The van der Waals surface area contributed by atoms with Crippen molar-refractivity contribution in [2.45, 2.75) is 12.5 Å². The molecule has 5 heteroatoms. The van der Waals surface area contributed by atoms with Crippen LogP contribution in [-0.4, -0.2) is 57.7 Å². The molecule has 2 rings (SSSR count). The van der Waals surface area contributed by atoms with Crippen molar-refractivity contribution in [3.63, 3.8) is 0 Å². The maximum Gasteiger partial charge on any atom is 0.142 e. The van der Waals surface area contributed by atoms with E-state index < -0.39 is 6.10 Å². The minimum absolute atomic E-state index is 0.405. The van der Waals surface area contributed by atoms with Gasteiger partial charge in [-0.2, -0.15) is 0 Å². The summed E-state index contributed by atoms with van der Waals surface area (Å²) >= 11 is 0. The summed E-state index contributed by atoms with van der Waals surface area (Å²) in [5.74, 6) is 0.907. The molecule has 1 aromatic carbocycles. The van der Waals surface area contributed by atoms with Crippen molar-refractivity contribution < 1.29 is 14.6 Å². The normalized spacial score (nSPS) is 16.2. The lowest BCUT2D eigenvalue weighted by molar-refractivity contribution is 0.163. The Morgan fingerprint density at radius 3 is 3.15 bits per heavy atom. The van der Waals surface area contributed by atoms with Gasteiger partial charge < -0.3 is 24.8 Å². The third-order valence-corrected chi connectivity index (χ3v) is 3.33. The smallest absolute Gasteiger partial charge is 0.142 e. The number of anilines is 1. The highest BCUT2D eigenvalue weighted by molar-refractivity contribution is 5.59. The SMILES string of the molecule is COCCNCC(O)CN1CCCOc2ccccc21. The molecule has 1 aliphatic heterocycles. The molecular weight excluding hydrogens is 256 g/mol. The first-order valence-corrected chi connectivity index (χ1v) is 7.15. The molecule has 0 saturated carbocycles. The first-order chi connectivity index (χ1) is 9.81. The second kappa shape index (κ2) is 8.09. The number of fused-ring (bicyclic) bond motifs is 1. The van der Waals surface area contributed by atoms with Crippen LogP contribution in [0.2, 0.25) is 0 Å². The molecule has 0 saturated heterocycles. The third kappa shape index (κ3) is 4.37. The first-order valence-electron chi connectivity index (χ1n) is 7.15. The van der Waals surface area contributed by atoms with Crippen molar-refractivity contribution in [2.24, 2.45) is 0 Å². The molecule has 1 aliphatic rings. The quantitative estimate of drug-likeness (QED) is 0.726. The van der Waals surface area contributed by atoms with Gasteiger partial charge >= 0.3 is 0 Å². The van der Waals surface area contributed by atoms with Gasteiger partial charge in [-0.1, -0.05) is 12.1 Å². The number of nitrogens with one attached hydrogen (secondary N) is 1. The lowest BCUT2D eigenvalue weighted by Crippen LogP contribution is -2.39. The van der Waals surface area contributed by atoms with E-state index in [9.17, 15) is 5.11 Å². The van der Waals surface area contributed by atoms with Crippen LogP contribution in [0.25, 0.3) is 0 Å². The molecule has 0 radical (unpaired) electrons. The van der Waals surface area contributed by atoms with Crippen LogP contribution in [0.5, 0.6) is 5.75 Å². The molecule has 112 valence electrons. The summed E-state index contributed by atoms with van der Waals surface area (Å²) in [6.07, 6.45) is 0.566. The Kier molecular flexibility index (Phi) is 6.11. The van der Waals surface area contributed by atoms with Crippen LogP contribution in [0, 0.1) is 0 Å². The molecule has 0 fully saturated rings. The lowest BCUT2D eigenvalue weighted by Gasteiger charge is -2.26. The molecule has 0 bridgehead atoms. The number of nitrogens with zero attached hydrogens (tertiary/aromatic N) is 1. The number of methoxy groups -OCH3 is 1. The molecule has 5 nitrogen and oxygen atoms in total. The molecule has 0 aliphatic carbocycles. The van der Waals surface area contributed by atoms with Gasteiger partial charge in [0.25, 0.3) is 0 Å². The van der Waals surface area contributed by atoms with E-state index in [4.69, 9.17) is 9.47 Å². The number of para-hydroxylation sites is 2. The number of ether oxygens (including phenoxy) is 2. The topological polar surface area (TPSA) is 54.0 Å². The summed E-state index contributed by atoms with van der Waals surface area (Å²) in [5.41, 5.74) is 1.07. The minimum Gasteiger partial charge on any atom is -0.491 e. The standard InChI is InChI=1S/C15H24N2O3/c1-19-10-7-16-11-13(18)12-17-8-4-9-20-15-6-3-2-5-14(15)17/h2-3,5-6,13,16,18H,4,7-12H2,1H3. The maximum absolute atomic E-state index is 10.1. The number of hydrogen-bond acceptors (Lipinski definition) is 5. The average molecular weight is 280 g/mol. The Hall–Kier alpha value is -1.30. The highest BCUT2D eigenvalue weighted by Crippen LogP contribution is 2.30. The predicted octanol–water partition coefficient (Wildman–Crippen LogP) is 0.872. The van der Waals surface area contributed by atoms with E-state index in [1.807, 2.05) is 24.3 Å². The monoisotopic (exact) mass is 280 g/mol. The van der Waals surface area contributed by atoms with Crippen molar-refractivity contribution >= 4 is 5.69 Å². The van der Waals surface area contributed by atoms with Crippen LogP contribution < -0.4 is 15.0 Å². The van der Waals surface area contributed by atoms with Crippen LogP contribution in [0.1, 0.15) is 6.42 Å². The van der Waals surface area contributed by atoms with Crippen molar-refractivity contribution in [3.8, 4) is 5.75 Å². The molecule has 20 heavy (non-hydrogen) atoms. The van der Waals surface area contributed by atoms with Crippen LogP contribution in [0.4, 0.5) is 5.69 Å². The average Bonchev–Trinajstić information content (AvgIpc) is 2.67. The highest BCUT2D eigenvalue weighted by Gasteiger charge is 2.18. The zero-order valence-corrected chi connectivity index (χ0v) is 12.0.